The van der Waals surface area contributed by atoms with Gasteiger partial charge < -0.3 is 10.1 Å². The average molecular weight is 346 g/mol. The molecule has 6 nitrogen and oxygen atoms in total. The Morgan fingerprint density at radius 2 is 2.08 bits per heavy atom. The van der Waals surface area contributed by atoms with Gasteiger partial charge in [0.1, 0.15) is 12.4 Å². The van der Waals surface area contributed by atoms with Crippen molar-refractivity contribution in [2.24, 2.45) is 0 Å². The predicted molar refractivity (Wildman–Crippen MR) is 90.9 cm³/mol. The molecule has 2 rings (SSSR count). The Labute approximate surface area is 145 Å². The number of nitrogens with one attached hydrogen (secondary N) is 1. The lowest BCUT2D eigenvalue weighted by Crippen LogP contribution is -2.37. The zero-order chi connectivity index (χ0) is 17.5. The summed E-state index contributed by atoms with van der Waals surface area (Å²) in [6.07, 6.45) is 0. The lowest BCUT2D eigenvalue weighted by atomic mass is 10.2. The van der Waals surface area contributed by atoms with Gasteiger partial charge in [0.25, 0.3) is 0 Å². The van der Waals surface area contributed by atoms with Crippen LogP contribution in [0.25, 0.3) is 0 Å². The van der Waals surface area contributed by atoms with Gasteiger partial charge in [-0.2, -0.15) is 10.3 Å². The number of anilines is 1. The highest BCUT2D eigenvalue weighted by molar-refractivity contribution is 6.32. The van der Waals surface area contributed by atoms with E-state index < -0.39 is 6.03 Å². The molecular formula is C17H16ClN3O3. The Balaban J connectivity index is 2.22. The van der Waals surface area contributed by atoms with Gasteiger partial charge in [-0.1, -0.05) is 29.8 Å². The Morgan fingerprint density at radius 1 is 1.33 bits per heavy atom. The first-order valence-electron chi connectivity index (χ1n) is 7.07. The van der Waals surface area contributed by atoms with Crippen LogP contribution >= 0.6 is 11.6 Å². The highest BCUT2D eigenvalue weighted by Crippen LogP contribution is 2.28. The Hall–Kier alpha value is -2.75. The third-order valence-corrected chi connectivity index (χ3v) is 3.53. The van der Waals surface area contributed by atoms with Gasteiger partial charge in [-0.15, -0.1) is 0 Å². The Kier molecular flexibility index (Phi) is 6.01. The van der Waals surface area contributed by atoms with Gasteiger partial charge in [0, 0.05) is 12.6 Å². The number of hydrogen-bond donors (Lipinski definition) is 1. The van der Waals surface area contributed by atoms with Gasteiger partial charge in [0.15, 0.2) is 0 Å². The number of amides is 2. The summed E-state index contributed by atoms with van der Waals surface area (Å²) in [6.45, 7) is 0.179. The van der Waals surface area contributed by atoms with Crippen LogP contribution in [0.15, 0.2) is 42.5 Å². The van der Waals surface area contributed by atoms with Crippen molar-refractivity contribution < 1.29 is 14.4 Å². The van der Waals surface area contributed by atoms with Crippen LogP contribution in [0.5, 0.6) is 5.75 Å². The highest BCUT2D eigenvalue weighted by atomic mass is 35.5. The van der Waals surface area contributed by atoms with Crippen LogP contribution in [0.1, 0.15) is 11.1 Å². The third kappa shape index (κ3) is 3.96. The lowest BCUT2D eigenvalue weighted by Gasteiger charge is -2.22. The molecule has 124 valence electrons. The van der Waals surface area contributed by atoms with Crippen molar-refractivity contribution in [3.05, 3.63) is 58.6 Å². The Morgan fingerprint density at radius 3 is 2.71 bits per heavy atom. The molecule has 2 aromatic carbocycles. The van der Waals surface area contributed by atoms with Gasteiger partial charge in [-0.3, -0.25) is 4.84 Å². The second-order valence-electron chi connectivity index (χ2n) is 4.71. The molecule has 0 aliphatic carbocycles. The summed E-state index contributed by atoms with van der Waals surface area (Å²) in [5, 5.41) is 12.8. The fourth-order valence-electron chi connectivity index (χ4n) is 2.07. The van der Waals surface area contributed by atoms with Crippen molar-refractivity contribution in [3.8, 4) is 11.8 Å². The van der Waals surface area contributed by atoms with Crippen molar-refractivity contribution in [1.29, 1.82) is 5.26 Å². The summed E-state index contributed by atoms with van der Waals surface area (Å²) in [7, 11) is 2.92. The number of para-hydroxylation sites is 1. The SMILES string of the molecule is CNC(=O)N(OC)c1ccccc1COc1ccc(C#N)cc1Cl. The zero-order valence-corrected chi connectivity index (χ0v) is 14.0. The van der Waals surface area contributed by atoms with Crippen LogP contribution in [0, 0.1) is 11.3 Å². The second-order valence-corrected chi connectivity index (χ2v) is 5.11. The maximum atomic E-state index is 11.9. The van der Waals surface area contributed by atoms with Crippen LogP contribution in [0.4, 0.5) is 10.5 Å². The van der Waals surface area contributed by atoms with Gasteiger partial charge >= 0.3 is 6.03 Å². The molecule has 2 amide bonds. The normalized spacial score (nSPS) is 9.92. The van der Waals surface area contributed by atoms with Crippen LogP contribution in [0.2, 0.25) is 5.02 Å². The van der Waals surface area contributed by atoms with E-state index in [2.05, 4.69) is 5.32 Å². The molecule has 0 unspecified atom stereocenters. The van der Waals surface area contributed by atoms with E-state index in [4.69, 9.17) is 26.4 Å². The molecule has 0 radical (unpaired) electrons. The van der Waals surface area contributed by atoms with E-state index in [1.165, 1.54) is 20.2 Å². The van der Waals surface area contributed by atoms with Crippen LogP contribution in [-0.2, 0) is 11.4 Å². The van der Waals surface area contributed by atoms with Gasteiger partial charge in [0.2, 0.25) is 0 Å². The molecule has 1 N–H and O–H groups in total. The number of ether oxygens (including phenoxy) is 1. The molecule has 0 saturated carbocycles. The fraction of sp³-hybridized carbons (Fsp3) is 0.176. The van der Waals surface area contributed by atoms with Crippen molar-refractivity contribution in [3.63, 3.8) is 0 Å². The van der Waals surface area contributed by atoms with E-state index in [0.29, 0.717) is 22.0 Å². The van der Waals surface area contributed by atoms with Crippen LogP contribution < -0.4 is 15.1 Å². The van der Waals surface area contributed by atoms with E-state index in [9.17, 15) is 4.79 Å². The zero-order valence-electron chi connectivity index (χ0n) is 13.2. The van der Waals surface area contributed by atoms with E-state index in [1.807, 2.05) is 18.2 Å². The van der Waals surface area contributed by atoms with E-state index in [-0.39, 0.29) is 6.61 Å². The second kappa shape index (κ2) is 8.20. The summed E-state index contributed by atoms with van der Waals surface area (Å²) in [5.74, 6) is 0.453. The molecule has 24 heavy (non-hydrogen) atoms. The maximum Gasteiger partial charge on any atom is 0.345 e. The van der Waals surface area contributed by atoms with E-state index in [0.717, 1.165) is 10.6 Å². The van der Waals surface area contributed by atoms with Gasteiger partial charge in [0.05, 0.1) is 29.5 Å². The summed E-state index contributed by atoms with van der Waals surface area (Å²) >= 11 is 6.10. The number of hydrogen-bond acceptors (Lipinski definition) is 4. The summed E-state index contributed by atoms with van der Waals surface area (Å²) < 4.78 is 5.72. The van der Waals surface area contributed by atoms with Gasteiger partial charge in [-0.05, 0) is 24.3 Å². The number of carbonyl (C=O) groups is 1. The molecule has 0 bridgehead atoms. The quantitative estimate of drug-likeness (QED) is 0.842. The molecule has 7 heteroatoms. The third-order valence-electron chi connectivity index (χ3n) is 3.24. The van der Waals surface area contributed by atoms with Crippen molar-refractivity contribution in [2.75, 3.05) is 19.2 Å². The fourth-order valence-corrected chi connectivity index (χ4v) is 2.30. The minimum absolute atomic E-state index is 0.179. The molecule has 0 fully saturated rings. The number of rotatable bonds is 5. The number of halogens is 1. The van der Waals surface area contributed by atoms with Crippen molar-refractivity contribution >= 4 is 23.3 Å². The molecule has 0 aliphatic rings. The predicted octanol–water partition coefficient (Wildman–Crippen LogP) is 3.50. The minimum Gasteiger partial charge on any atom is -0.487 e. The monoisotopic (exact) mass is 345 g/mol. The van der Waals surface area contributed by atoms with Crippen LogP contribution in [0.3, 0.4) is 0 Å². The van der Waals surface area contributed by atoms with E-state index >= 15 is 0 Å². The van der Waals surface area contributed by atoms with E-state index in [1.54, 1.807) is 24.3 Å². The molecule has 2 aromatic rings. The number of benzene rings is 2. The standard InChI is InChI=1S/C17H16ClN3O3/c1-20-17(22)21(23-2)15-6-4-3-5-13(15)11-24-16-8-7-12(10-19)9-14(16)18/h3-9H,11H2,1-2H3,(H,20,22). The minimum atomic E-state index is -0.402. The summed E-state index contributed by atoms with van der Waals surface area (Å²) in [4.78, 5) is 17.0. The van der Waals surface area contributed by atoms with Crippen molar-refractivity contribution in [1.82, 2.24) is 5.32 Å². The first-order valence-corrected chi connectivity index (χ1v) is 7.44. The molecular weight excluding hydrogens is 330 g/mol. The van der Waals surface area contributed by atoms with Crippen LogP contribution in [-0.4, -0.2) is 20.2 Å². The first kappa shape index (κ1) is 17.6. The smallest absolute Gasteiger partial charge is 0.345 e. The number of nitriles is 1. The molecule has 0 spiro atoms. The largest absolute Gasteiger partial charge is 0.487 e. The number of nitrogens with zero attached hydrogens (tertiary/aromatic N) is 2. The molecule has 0 saturated heterocycles. The van der Waals surface area contributed by atoms with Gasteiger partial charge in [-0.25, -0.2) is 4.79 Å². The number of hydroxylamine groups is 1. The molecule has 0 aromatic heterocycles. The molecule has 0 aliphatic heterocycles. The molecule has 0 heterocycles. The Bertz CT molecular complexity index is 774. The molecule has 0 atom stereocenters. The summed E-state index contributed by atoms with van der Waals surface area (Å²) in [5.41, 5.74) is 1.76. The number of carbonyl (C=O) groups excluding carboxylic acids is 1. The average Bonchev–Trinajstić information content (AvgIpc) is 2.62. The van der Waals surface area contributed by atoms with Crippen molar-refractivity contribution in [2.45, 2.75) is 6.61 Å². The highest BCUT2D eigenvalue weighted by Gasteiger charge is 2.17. The summed E-state index contributed by atoms with van der Waals surface area (Å²) in [6, 6.07) is 13.6. The topological polar surface area (TPSA) is 74.6 Å². The first-order chi connectivity index (χ1) is 11.6. The maximum absolute atomic E-state index is 11.9. The lowest BCUT2D eigenvalue weighted by molar-refractivity contribution is 0.163. The number of urea groups is 1.